The minimum atomic E-state index is -3.71. The van der Waals surface area contributed by atoms with Gasteiger partial charge in [0.2, 0.25) is 10.0 Å². The lowest BCUT2D eigenvalue weighted by Gasteiger charge is -2.31. The van der Waals surface area contributed by atoms with E-state index in [1.165, 1.54) is 12.1 Å². The van der Waals surface area contributed by atoms with E-state index in [2.05, 4.69) is 0 Å². The normalized spacial score (nSPS) is 15.1. The first kappa shape index (κ1) is 19.5. The van der Waals surface area contributed by atoms with Gasteiger partial charge in [0.1, 0.15) is 23.4 Å². The summed E-state index contributed by atoms with van der Waals surface area (Å²) in [5.41, 5.74) is 4.44. The van der Waals surface area contributed by atoms with Crippen molar-refractivity contribution in [2.24, 2.45) is 5.14 Å². The second kappa shape index (κ2) is 7.37. The Labute approximate surface area is 179 Å². The van der Waals surface area contributed by atoms with Gasteiger partial charge in [-0.05, 0) is 47.0 Å². The quantitative estimate of drug-likeness (QED) is 0.488. The third kappa shape index (κ3) is 3.73. The molecule has 1 unspecified atom stereocenters. The standard InChI is InChI=1S/C24H18FNO4S/c25-17-5-1-4-16(13-17)24-20-12-15(14-31(26,27)28)9-10-18(20)23-19(21-8-3-11-29-21)6-2-7-22(23)30-24/h1-13,24H,14H2,(H2,26,27,28). The van der Waals surface area contributed by atoms with Crippen molar-refractivity contribution in [3.63, 3.8) is 0 Å². The van der Waals surface area contributed by atoms with Crippen molar-refractivity contribution in [2.75, 3.05) is 0 Å². The second-order valence-electron chi connectivity index (χ2n) is 7.44. The first-order valence-electron chi connectivity index (χ1n) is 9.62. The zero-order valence-electron chi connectivity index (χ0n) is 16.3. The van der Waals surface area contributed by atoms with Gasteiger partial charge in [0, 0.05) is 16.7 Å². The van der Waals surface area contributed by atoms with Crippen molar-refractivity contribution in [3.05, 3.63) is 102 Å². The van der Waals surface area contributed by atoms with Gasteiger partial charge in [-0.25, -0.2) is 17.9 Å². The largest absolute Gasteiger partial charge is 0.480 e. The maximum atomic E-state index is 14.0. The van der Waals surface area contributed by atoms with Gasteiger partial charge in [0.25, 0.3) is 0 Å². The molecule has 0 amide bonds. The molecule has 5 rings (SSSR count). The van der Waals surface area contributed by atoms with Crippen LogP contribution in [0.5, 0.6) is 5.75 Å². The summed E-state index contributed by atoms with van der Waals surface area (Å²) >= 11 is 0. The molecule has 1 aliphatic rings. The first-order chi connectivity index (χ1) is 14.9. The topological polar surface area (TPSA) is 82.5 Å². The summed E-state index contributed by atoms with van der Waals surface area (Å²) in [5, 5.41) is 5.25. The zero-order valence-corrected chi connectivity index (χ0v) is 17.1. The van der Waals surface area contributed by atoms with Crippen molar-refractivity contribution in [3.8, 4) is 28.2 Å². The van der Waals surface area contributed by atoms with Crippen molar-refractivity contribution in [1.82, 2.24) is 0 Å². The Balaban J connectivity index is 1.74. The van der Waals surface area contributed by atoms with Crippen LogP contribution in [0.2, 0.25) is 0 Å². The number of fused-ring (bicyclic) bond motifs is 3. The maximum absolute atomic E-state index is 14.0. The number of rotatable bonds is 4. The van der Waals surface area contributed by atoms with Crippen LogP contribution in [0.4, 0.5) is 4.39 Å². The molecule has 31 heavy (non-hydrogen) atoms. The summed E-state index contributed by atoms with van der Waals surface area (Å²) in [7, 11) is -3.71. The smallest absolute Gasteiger partial charge is 0.213 e. The van der Waals surface area contributed by atoms with E-state index >= 15 is 0 Å². The van der Waals surface area contributed by atoms with Crippen LogP contribution in [0.3, 0.4) is 0 Å². The van der Waals surface area contributed by atoms with Gasteiger partial charge in [-0.15, -0.1) is 0 Å². The third-order valence-corrected chi connectivity index (χ3v) is 5.98. The summed E-state index contributed by atoms with van der Waals surface area (Å²) in [5.74, 6) is 0.639. The Morgan fingerprint density at radius 1 is 0.935 bits per heavy atom. The number of ether oxygens (including phenoxy) is 1. The number of furan rings is 1. The number of benzene rings is 3. The van der Waals surface area contributed by atoms with Crippen molar-refractivity contribution in [2.45, 2.75) is 11.9 Å². The molecule has 0 fully saturated rings. The van der Waals surface area contributed by atoms with E-state index in [4.69, 9.17) is 14.3 Å². The van der Waals surface area contributed by atoms with E-state index in [-0.39, 0.29) is 11.6 Å². The third-order valence-electron chi connectivity index (χ3n) is 5.24. The van der Waals surface area contributed by atoms with Gasteiger partial charge in [0.05, 0.1) is 12.0 Å². The van der Waals surface area contributed by atoms with E-state index in [1.54, 1.807) is 30.5 Å². The molecule has 2 N–H and O–H groups in total. The Hall–Kier alpha value is -3.42. The highest BCUT2D eigenvalue weighted by Gasteiger charge is 2.30. The van der Waals surface area contributed by atoms with Crippen LogP contribution in [-0.4, -0.2) is 8.42 Å². The summed E-state index contributed by atoms with van der Waals surface area (Å²) in [6, 6.07) is 20.9. The lowest BCUT2D eigenvalue weighted by molar-refractivity contribution is 0.243. The SMILES string of the molecule is NS(=O)(=O)Cc1ccc2c(c1)C(c1cccc(F)c1)Oc1cccc(-c3ccco3)c1-2. The van der Waals surface area contributed by atoms with E-state index in [0.29, 0.717) is 22.6 Å². The molecule has 4 aromatic rings. The molecular formula is C24H18FNO4S. The van der Waals surface area contributed by atoms with Crippen LogP contribution in [0.1, 0.15) is 22.8 Å². The molecule has 2 heterocycles. The predicted octanol–water partition coefficient (Wildman–Crippen LogP) is 5.02. The molecule has 3 aromatic carbocycles. The van der Waals surface area contributed by atoms with Gasteiger partial charge in [-0.2, -0.15) is 0 Å². The Bertz CT molecular complexity index is 1380. The van der Waals surface area contributed by atoms with Crippen LogP contribution in [0.15, 0.2) is 83.5 Å². The predicted molar refractivity (Wildman–Crippen MR) is 115 cm³/mol. The number of hydrogen-bond donors (Lipinski definition) is 1. The number of nitrogens with two attached hydrogens (primary N) is 1. The van der Waals surface area contributed by atoms with E-state index < -0.39 is 16.1 Å². The van der Waals surface area contributed by atoms with Gasteiger partial charge < -0.3 is 9.15 Å². The molecule has 0 saturated heterocycles. The molecule has 1 aliphatic heterocycles. The summed E-state index contributed by atoms with van der Waals surface area (Å²) in [6.45, 7) is 0. The van der Waals surface area contributed by atoms with Crippen LogP contribution < -0.4 is 9.88 Å². The molecule has 0 aliphatic carbocycles. The highest BCUT2D eigenvalue weighted by atomic mass is 32.2. The van der Waals surface area contributed by atoms with Gasteiger partial charge in [0.15, 0.2) is 0 Å². The molecule has 0 spiro atoms. The van der Waals surface area contributed by atoms with Crippen molar-refractivity contribution in [1.29, 1.82) is 0 Å². The first-order valence-corrected chi connectivity index (χ1v) is 11.3. The maximum Gasteiger partial charge on any atom is 0.213 e. The van der Waals surface area contributed by atoms with Gasteiger partial charge in [-0.1, -0.05) is 42.5 Å². The molecule has 156 valence electrons. The number of hydrogen-bond acceptors (Lipinski definition) is 4. The molecule has 0 bridgehead atoms. The molecule has 0 saturated carbocycles. The highest BCUT2D eigenvalue weighted by molar-refractivity contribution is 7.88. The Morgan fingerprint density at radius 2 is 1.77 bits per heavy atom. The summed E-state index contributed by atoms with van der Waals surface area (Å²) < 4.78 is 49.2. The fourth-order valence-electron chi connectivity index (χ4n) is 4.03. The monoisotopic (exact) mass is 435 g/mol. The zero-order chi connectivity index (χ0) is 21.6. The second-order valence-corrected chi connectivity index (χ2v) is 9.05. The summed E-state index contributed by atoms with van der Waals surface area (Å²) in [4.78, 5) is 0. The fraction of sp³-hybridized carbons (Fsp3) is 0.0833. The number of primary sulfonamides is 1. The summed E-state index contributed by atoms with van der Waals surface area (Å²) in [6.07, 6.45) is 0.995. The molecule has 1 aromatic heterocycles. The van der Waals surface area contributed by atoms with E-state index in [1.807, 2.05) is 36.4 Å². The minimum Gasteiger partial charge on any atom is -0.480 e. The van der Waals surface area contributed by atoms with Gasteiger partial charge >= 0.3 is 0 Å². The van der Waals surface area contributed by atoms with Crippen LogP contribution in [0.25, 0.3) is 22.5 Å². The van der Waals surface area contributed by atoms with Gasteiger partial charge in [-0.3, -0.25) is 0 Å². The minimum absolute atomic E-state index is 0.303. The Kier molecular flexibility index (Phi) is 4.64. The molecule has 7 heteroatoms. The average molecular weight is 435 g/mol. The van der Waals surface area contributed by atoms with Crippen molar-refractivity contribution >= 4 is 10.0 Å². The number of halogens is 1. The molecule has 1 atom stereocenters. The van der Waals surface area contributed by atoms with E-state index in [0.717, 1.165) is 22.3 Å². The van der Waals surface area contributed by atoms with Crippen LogP contribution in [0, 0.1) is 5.82 Å². The highest BCUT2D eigenvalue weighted by Crippen LogP contribution is 2.49. The fourth-order valence-corrected chi connectivity index (χ4v) is 4.68. The van der Waals surface area contributed by atoms with Crippen LogP contribution in [-0.2, 0) is 15.8 Å². The Morgan fingerprint density at radius 3 is 2.52 bits per heavy atom. The van der Waals surface area contributed by atoms with E-state index in [9.17, 15) is 12.8 Å². The molecule has 5 nitrogen and oxygen atoms in total. The lowest BCUT2D eigenvalue weighted by Crippen LogP contribution is -2.18. The van der Waals surface area contributed by atoms with Crippen LogP contribution >= 0.6 is 0 Å². The van der Waals surface area contributed by atoms with Crippen molar-refractivity contribution < 1.29 is 22.0 Å². The molecular weight excluding hydrogens is 417 g/mol. The molecule has 0 radical (unpaired) electrons. The average Bonchev–Trinajstić information content (AvgIpc) is 3.26. The lowest BCUT2D eigenvalue weighted by atomic mass is 9.86. The number of sulfonamides is 1.